The summed E-state index contributed by atoms with van der Waals surface area (Å²) in [4.78, 5) is 0. The van der Waals surface area contributed by atoms with Crippen LogP contribution in [0.1, 0.15) is 47.0 Å². The third kappa shape index (κ3) is 7.34. The lowest BCUT2D eigenvalue weighted by atomic mass is 10.0. The minimum absolute atomic E-state index is 0.527. The number of hydrogen-bond donors (Lipinski definition) is 1. The van der Waals surface area contributed by atoms with Gasteiger partial charge < -0.3 is 10.1 Å². The molecule has 1 N–H and O–H groups in total. The number of nitrogens with one attached hydrogen (secondary N) is 1. The minimum atomic E-state index is 0.527. The van der Waals surface area contributed by atoms with Crippen molar-refractivity contribution in [2.24, 2.45) is 5.92 Å². The molecule has 0 rings (SSSR count). The van der Waals surface area contributed by atoms with Crippen LogP contribution in [0.2, 0.25) is 0 Å². The van der Waals surface area contributed by atoms with E-state index in [0.29, 0.717) is 12.1 Å². The Hall–Kier alpha value is -0.0800. The maximum Gasteiger partial charge on any atom is 0.0615 e. The molecule has 0 spiro atoms. The number of methoxy groups -OCH3 is 1. The Bertz CT molecular complexity index is 119. The van der Waals surface area contributed by atoms with Gasteiger partial charge >= 0.3 is 0 Å². The van der Waals surface area contributed by atoms with Crippen molar-refractivity contribution in [1.29, 1.82) is 0 Å². The summed E-state index contributed by atoms with van der Waals surface area (Å²) < 4.78 is 5.20. The van der Waals surface area contributed by atoms with Gasteiger partial charge in [-0.05, 0) is 25.7 Å². The average molecular weight is 201 g/mol. The summed E-state index contributed by atoms with van der Waals surface area (Å²) in [6, 6.07) is 1.13. The monoisotopic (exact) mass is 201 g/mol. The van der Waals surface area contributed by atoms with Crippen molar-refractivity contribution >= 4 is 0 Å². The smallest absolute Gasteiger partial charge is 0.0615 e. The zero-order chi connectivity index (χ0) is 11.0. The molecule has 2 atom stereocenters. The van der Waals surface area contributed by atoms with Gasteiger partial charge in [0.15, 0.2) is 0 Å². The van der Waals surface area contributed by atoms with Crippen LogP contribution < -0.4 is 5.32 Å². The highest BCUT2D eigenvalue weighted by Gasteiger charge is 2.11. The summed E-state index contributed by atoms with van der Waals surface area (Å²) in [5.41, 5.74) is 0. The normalized spacial score (nSPS) is 15.9. The van der Waals surface area contributed by atoms with Crippen LogP contribution in [0, 0.1) is 5.92 Å². The Morgan fingerprint density at radius 2 is 1.86 bits per heavy atom. The third-order valence-electron chi connectivity index (χ3n) is 2.35. The fourth-order valence-corrected chi connectivity index (χ4v) is 1.94. The standard InChI is InChI=1S/C12H27NO/c1-6-7-12(9-14-5)13-11(4)8-10(2)3/h10-13H,6-9H2,1-5H3. The first-order chi connectivity index (χ1) is 6.60. The molecule has 86 valence electrons. The molecular formula is C12H27NO. The molecule has 0 aliphatic heterocycles. The zero-order valence-corrected chi connectivity index (χ0v) is 10.5. The van der Waals surface area contributed by atoms with Crippen LogP contribution in [0.3, 0.4) is 0 Å². The predicted octanol–water partition coefficient (Wildman–Crippen LogP) is 2.83. The van der Waals surface area contributed by atoms with Crippen molar-refractivity contribution < 1.29 is 4.74 Å². The Morgan fingerprint density at radius 3 is 2.29 bits per heavy atom. The first kappa shape index (κ1) is 13.9. The van der Waals surface area contributed by atoms with Gasteiger partial charge in [0, 0.05) is 19.2 Å². The van der Waals surface area contributed by atoms with Crippen LogP contribution in [0.25, 0.3) is 0 Å². The maximum absolute atomic E-state index is 5.20. The van der Waals surface area contributed by atoms with Crippen molar-refractivity contribution in [1.82, 2.24) is 5.32 Å². The van der Waals surface area contributed by atoms with E-state index in [1.807, 2.05) is 0 Å². The van der Waals surface area contributed by atoms with Gasteiger partial charge in [0.25, 0.3) is 0 Å². The van der Waals surface area contributed by atoms with Crippen molar-refractivity contribution in [3.63, 3.8) is 0 Å². The van der Waals surface area contributed by atoms with E-state index in [0.717, 1.165) is 12.5 Å². The molecule has 0 saturated carbocycles. The topological polar surface area (TPSA) is 21.3 Å². The van der Waals surface area contributed by atoms with Gasteiger partial charge in [-0.25, -0.2) is 0 Å². The first-order valence-corrected chi connectivity index (χ1v) is 5.85. The largest absolute Gasteiger partial charge is 0.383 e. The predicted molar refractivity (Wildman–Crippen MR) is 62.6 cm³/mol. The zero-order valence-electron chi connectivity index (χ0n) is 10.5. The molecule has 0 radical (unpaired) electrons. The molecule has 0 aromatic rings. The van der Waals surface area contributed by atoms with E-state index in [-0.39, 0.29) is 0 Å². The van der Waals surface area contributed by atoms with E-state index >= 15 is 0 Å². The lowest BCUT2D eigenvalue weighted by molar-refractivity contribution is 0.155. The summed E-state index contributed by atoms with van der Waals surface area (Å²) in [5, 5.41) is 3.63. The van der Waals surface area contributed by atoms with E-state index in [1.54, 1.807) is 7.11 Å². The Labute approximate surface area is 89.4 Å². The molecule has 0 aliphatic carbocycles. The average Bonchev–Trinajstić information content (AvgIpc) is 2.03. The van der Waals surface area contributed by atoms with Gasteiger partial charge in [-0.2, -0.15) is 0 Å². The molecule has 0 aromatic heterocycles. The van der Waals surface area contributed by atoms with Crippen molar-refractivity contribution in [3.05, 3.63) is 0 Å². The van der Waals surface area contributed by atoms with Crippen LogP contribution in [0.4, 0.5) is 0 Å². The lowest BCUT2D eigenvalue weighted by Crippen LogP contribution is -2.40. The van der Waals surface area contributed by atoms with Crippen LogP contribution in [0.15, 0.2) is 0 Å². The molecular weight excluding hydrogens is 174 g/mol. The number of ether oxygens (including phenoxy) is 1. The Morgan fingerprint density at radius 1 is 1.21 bits per heavy atom. The molecule has 0 aliphatic rings. The van der Waals surface area contributed by atoms with Crippen molar-refractivity contribution in [3.8, 4) is 0 Å². The van der Waals surface area contributed by atoms with Crippen molar-refractivity contribution in [2.45, 2.75) is 59.0 Å². The highest BCUT2D eigenvalue weighted by atomic mass is 16.5. The molecule has 0 amide bonds. The van der Waals surface area contributed by atoms with Gasteiger partial charge in [-0.1, -0.05) is 27.2 Å². The maximum atomic E-state index is 5.20. The summed E-state index contributed by atoms with van der Waals surface area (Å²) in [7, 11) is 1.78. The second-order valence-corrected chi connectivity index (χ2v) is 4.64. The van der Waals surface area contributed by atoms with Gasteiger partial charge in [0.1, 0.15) is 0 Å². The molecule has 0 aromatic carbocycles. The SMILES string of the molecule is CCCC(COC)NC(C)CC(C)C. The number of hydrogen-bond acceptors (Lipinski definition) is 2. The second-order valence-electron chi connectivity index (χ2n) is 4.64. The molecule has 2 unspecified atom stereocenters. The molecule has 0 bridgehead atoms. The molecule has 0 saturated heterocycles. The second kappa shape index (κ2) is 8.25. The van der Waals surface area contributed by atoms with E-state index in [1.165, 1.54) is 19.3 Å². The van der Waals surface area contributed by atoms with E-state index in [4.69, 9.17) is 4.74 Å². The summed E-state index contributed by atoms with van der Waals surface area (Å²) in [6.45, 7) is 9.85. The molecule has 14 heavy (non-hydrogen) atoms. The molecule has 0 heterocycles. The summed E-state index contributed by atoms with van der Waals surface area (Å²) in [5.74, 6) is 0.766. The quantitative estimate of drug-likeness (QED) is 0.652. The van der Waals surface area contributed by atoms with Gasteiger partial charge in [-0.3, -0.25) is 0 Å². The van der Waals surface area contributed by atoms with E-state index in [2.05, 4.69) is 33.0 Å². The van der Waals surface area contributed by atoms with Crippen molar-refractivity contribution in [2.75, 3.05) is 13.7 Å². The lowest BCUT2D eigenvalue weighted by Gasteiger charge is -2.23. The van der Waals surface area contributed by atoms with E-state index in [9.17, 15) is 0 Å². The highest BCUT2D eigenvalue weighted by molar-refractivity contribution is 4.71. The number of rotatable bonds is 8. The van der Waals surface area contributed by atoms with Gasteiger partial charge in [-0.15, -0.1) is 0 Å². The molecule has 0 fully saturated rings. The van der Waals surface area contributed by atoms with Crippen LogP contribution in [-0.2, 0) is 4.74 Å². The molecule has 2 heteroatoms. The Balaban J connectivity index is 3.76. The minimum Gasteiger partial charge on any atom is -0.383 e. The van der Waals surface area contributed by atoms with Crippen LogP contribution in [0.5, 0.6) is 0 Å². The van der Waals surface area contributed by atoms with Crippen LogP contribution >= 0.6 is 0 Å². The first-order valence-electron chi connectivity index (χ1n) is 5.85. The highest BCUT2D eigenvalue weighted by Crippen LogP contribution is 2.06. The summed E-state index contributed by atoms with van der Waals surface area (Å²) in [6.07, 6.45) is 3.66. The van der Waals surface area contributed by atoms with E-state index < -0.39 is 0 Å². The fourth-order valence-electron chi connectivity index (χ4n) is 1.94. The third-order valence-corrected chi connectivity index (χ3v) is 2.35. The fraction of sp³-hybridized carbons (Fsp3) is 1.00. The summed E-state index contributed by atoms with van der Waals surface area (Å²) >= 11 is 0. The van der Waals surface area contributed by atoms with Gasteiger partial charge in [0.2, 0.25) is 0 Å². The molecule has 2 nitrogen and oxygen atoms in total. The van der Waals surface area contributed by atoms with Gasteiger partial charge in [0.05, 0.1) is 6.61 Å². The Kier molecular flexibility index (Phi) is 8.20. The van der Waals surface area contributed by atoms with Crippen LogP contribution in [-0.4, -0.2) is 25.8 Å².